The Balaban J connectivity index is 2.05. The summed E-state index contributed by atoms with van der Waals surface area (Å²) >= 11 is 0. The first-order valence-electron chi connectivity index (χ1n) is 8.03. The first kappa shape index (κ1) is 16.0. The van der Waals surface area contributed by atoms with E-state index in [-0.39, 0.29) is 0 Å². The number of ether oxygens (including phenoxy) is 2. The van der Waals surface area contributed by atoms with Crippen LogP contribution in [0.25, 0.3) is 33.6 Å². The normalized spacial score (nSPS) is 10.8. The van der Waals surface area contributed by atoms with E-state index >= 15 is 0 Å². The van der Waals surface area contributed by atoms with Crippen molar-refractivity contribution in [2.45, 2.75) is 0 Å². The first-order valence-corrected chi connectivity index (χ1v) is 8.03. The van der Waals surface area contributed by atoms with Crippen molar-refractivity contribution in [1.29, 1.82) is 0 Å². The molecule has 0 aliphatic heterocycles. The number of nitrogen functional groups attached to an aromatic ring is 1. The standard InChI is InChI=1S/C20H17N3O3/c1-24-13-9-7-12(8-10-13)18-16(14-5-3-4-6-15(14)25-2)17-19(21)22-11-23-20(17)26-18/h3-11H,1-2H3,(H2,21,22,23). The SMILES string of the molecule is COc1ccc(-c2oc3ncnc(N)c3c2-c2ccccc2OC)cc1. The van der Waals surface area contributed by atoms with E-state index in [9.17, 15) is 0 Å². The van der Waals surface area contributed by atoms with Crippen molar-refractivity contribution >= 4 is 16.9 Å². The number of nitrogens with zero attached hydrogens (tertiary/aromatic N) is 2. The van der Waals surface area contributed by atoms with Crippen molar-refractivity contribution in [2.24, 2.45) is 0 Å². The molecule has 0 saturated heterocycles. The molecule has 0 bridgehead atoms. The van der Waals surface area contributed by atoms with Crippen LogP contribution in [0.2, 0.25) is 0 Å². The van der Waals surface area contributed by atoms with E-state index < -0.39 is 0 Å². The zero-order valence-corrected chi connectivity index (χ0v) is 14.4. The molecule has 0 fully saturated rings. The van der Waals surface area contributed by atoms with E-state index in [1.807, 2.05) is 48.5 Å². The highest BCUT2D eigenvalue weighted by atomic mass is 16.5. The molecular formula is C20H17N3O3. The third-order valence-electron chi connectivity index (χ3n) is 4.25. The number of methoxy groups -OCH3 is 2. The molecule has 2 aromatic carbocycles. The van der Waals surface area contributed by atoms with Gasteiger partial charge < -0.3 is 19.6 Å². The summed E-state index contributed by atoms with van der Waals surface area (Å²) in [7, 11) is 3.26. The smallest absolute Gasteiger partial charge is 0.232 e. The fraction of sp³-hybridized carbons (Fsp3) is 0.100. The molecule has 6 heteroatoms. The molecule has 0 unspecified atom stereocenters. The van der Waals surface area contributed by atoms with Gasteiger partial charge in [-0.05, 0) is 30.3 Å². The molecule has 0 aliphatic carbocycles. The quantitative estimate of drug-likeness (QED) is 0.597. The van der Waals surface area contributed by atoms with E-state index in [1.165, 1.54) is 6.33 Å². The topological polar surface area (TPSA) is 83.4 Å². The van der Waals surface area contributed by atoms with Crippen LogP contribution in [-0.4, -0.2) is 24.2 Å². The number of aromatic nitrogens is 2. The third kappa shape index (κ3) is 2.52. The zero-order chi connectivity index (χ0) is 18.1. The van der Waals surface area contributed by atoms with Gasteiger partial charge in [-0.2, -0.15) is 0 Å². The lowest BCUT2D eigenvalue weighted by Gasteiger charge is -2.10. The lowest BCUT2D eigenvalue weighted by molar-refractivity contribution is 0.415. The Morgan fingerprint density at radius 1 is 0.923 bits per heavy atom. The highest BCUT2D eigenvalue weighted by molar-refractivity contribution is 6.06. The van der Waals surface area contributed by atoms with Gasteiger partial charge in [-0.1, -0.05) is 18.2 Å². The minimum atomic E-state index is 0.361. The van der Waals surface area contributed by atoms with Gasteiger partial charge in [-0.25, -0.2) is 9.97 Å². The van der Waals surface area contributed by atoms with Gasteiger partial charge in [0.25, 0.3) is 0 Å². The average molecular weight is 347 g/mol. The minimum absolute atomic E-state index is 0.361. The lowest BCUT2D eigenvalue weighted by Crippen LogP contribution is -1.94. The number of nitrogens with two attached hydrogens (primary N) is 1. The first-order chi connectivity index (χ1) is 12.7. The highest BCUT2D eigenvalue weighted by Crippen LogP contribution is 2.45. The number of furan rings is 1. The molecule has 4 aromatic rings. The molecule has 0 spiro atoms. The molecule has 2 heterocycles. The Hall–Kier alpha value is -3.54. The van der Waals surface area contributed by atoms with Crippen LogP contribution in [0.15, 0.2) is 59.3 Å². The fourth-order valence-corrected chi connectivity index (χ4v) is 3.01. The number of hydrogen-bond donors (Lipinski definition) is 1. The summed E-state index contributed by atoms with van der Waals surface area (Å²) in [5.41, 5.74) is 9.13. The van der Waals surface area contributed by atoms with Gasteiger partial charge in [0.1, 0.15) is 29.4 Å². The summed E-state index contributed by atoms with van der Waals surface area (Å²) in [5.74, 6) is 2.50. The maximum Gasteiger partial charge on any atom is 0.232 e. The average Bonchev–Trinajstić information content (AvgIpc) is 3.08. The second-order valence-electron chi connectivity index (χ2n) is 5.67. The molecule has 2 aromatic heterocycles. The minimum Gasteiger partial charge on any atom is -0.497 e. The second-order valence-corrected chi connectivity index (χ2v) is 5.67. The van der Waals surface area contributed by atoms with Gasteiger partial charge in [0.2, 0.25) is 5.71 Å². The molecule has 0 saturated carbocycles. The third-order valence-corrected chi connectivity index (χ3v) is 4.25. The molecule has 0 radical (unpaired) electrons. The van der Waals surface area contributed by atoms with E-state index in [0.29, 0.717) is 28.4 Å². The number of benzene rings is 2. The number of fused-ring (bicyclic) bond motifs is 1. The largest absolute Gasteiger partial charge is 0.497 e. The van der Waals surface area contributed by atoms with Crippen molar-refractivity contribution in [3.05, 3.63) is 54.9 Å². The van der Waals surface area contributed by atoms with Crippen molar-refractivity contribution in [2.75, 3.05) is 20.0 Å². The van der Waals surface area contributed by atoms with E-state index in [0.717, 1.165) is 22.4 Å². The Morgan fingerprint density at radius 2 is 1.69 bits per heavy atom. The molecule has 0 aliphatic rings. The van der Waals surface area contributed by atoms with Crippen molar-refractivity contribution < 1.29 is 13.9 Å². The van der Waals surface area contributed by atoms with Crippen LogP contribution in [0.5, 0.6) is 11.5 Å². The molecule has 4 rings (SSSR count). The van der Waals surface area contributed by atoms with Crippen LogP contribution in [0.1, 0.15) is 0 Å². The maximum atomic E-state index is 6.15. The predicted octanol–water partition coefficient (Wildman–Crippen LogP) is 4.16. The Labute approximate surface area is 150 Å². The summed E-state index contributed by atoms with van der Waals surface area (Å²) in [5, 5.41) is 0.669. The van der Waals surface area contributed by atoms with E-state index in [1.54, 1.807) is 14.2 Å². The molecule has 130 valence electrons. The second kappa shape index (κ2) is 6.40. The van der Waals surface area contributed by atoms with Gasteiger partial charge in [-0.15, -0.1) is 0 Å². The highest BCUT2D eigenvalue weighted by Gasteiger charge is 2.23. The van der Waals surface area contributed by atoms with Gasteiger partial charge in [-0.3, -0.25) is 0 Å². The molecule has 6 nitrogen and oxygen atoms in total. The summed E-state index contributed by atoms with van der Waals surface area (Å²) in [6.07, 6.45) is 1.39. The number of anilines is 1. The Morgan fingerprint density at radius 3 is 2.42 bits per heavy atom. The molecule has 26 heavy (non-hydrogen) atoms. The molecule has 0 amide bonds. The van der Waals surface area contributed by atoms with Gasteiger partial charge in [0.15, 0.2) is 0 Å². The zero-order valence-electron chi connectivity index (χ0n) is 14.4. The van der Waals surface area contributed by atoms with Gasteiger partial charge in [0, 0.05) is 16.7 Å². The molecule has 2 N–H and O–H groups in total. The van der Waals surface area contributed by atoms with E-state index in [2.05, 4.69) is 9.97 Å². The fourth-order valence-electron chi connectivity index (χ4n) is 3.01. The van der Waals surface area contributed by atoms with Crippen molar-refractivity contribution in [3.8, 4) is 33.9 Å². The van der Waals surface area contributed by atoms with Crippen molar-refractivity contribution in [1.82, 2.24) is 9.97 Å². The summed E-state index contributed by atoms with van der Waals surface area (Å²) in [6, 6.07) is 15.3. The van der Waals surface area contributed by atoms with Gasteiger partial charge >= 0.3 is 0 Å². The number of hydrogen-bond acceptors (Lipinski definition) is 6. The summed E-state index contributed by atoms with van der Waals surface area (Å²) < 4.78 is 16.8. The van der Waals surface area contributed by atoms with Crippen LogP contribution in [0, 0.1) is 0 Å². The van der Waals surface area contributed by atoms with Crippen LogP contribution >= 0.6 is 0 Å². The summed E-state index contributed by atoms with van der Waals surface area (Å²) in [6.45, 7) is 0. The lowest BCUT2D eigenvalue weighted by atomic mass is 9.98. The van der Waals surface area contributed by atoms with Crippen LogP contribution in [-0.2, 0) is 0 Å². The van der Waals surface area contributed by atoms with Crippen LogP contribution < -0.4 is 15.2 Å². The monoisotopic (exact) mass is 347 g/mol. The molecular weight excluding hydrogens is 330 g/mol. The number of para-hydroxylation sites is 1. The van der Waals surface area contributed by atoms with E-state index in [4.69, 9.17) is 19.6 Å². The summed E-state index contributed by atoms with van der Waals surface area (Å²) in [4.78, 5) is 8.37. The van der Waals surface area contributed by atoms with Crippen LogP contribution in [0.3, 0.4) is 0 Å². The number of rotatable bonds is 4. The van der Waals surface area contributed by atoms with Crippen LogP contribution in [0.4, 0.5) is 5.82 Å². The Kier molecular flexibility index (Phi) is 3.93. The maximum absolute atomic E-state index is 6.15. The molecule has 0 atom stereocenters. The Bertz CT molecular complexity index is 1070. The predicted molar refractivity (Wildman–Crippen MR) is 100 cm³/mol. The van der Waals surface area contributed by atoms with Gasteiger partial charge in [0.05, 0.1) is 19.6 Å². The van der Waals surface area contributed by atoms with Crippen molar-refractivity contribution in [3.63, 3.8) is 0 Å².